The fourth-order valence-electron chi connectivity index (χ4n) is 4.18. The van der Waals surface area contributed by atoms with Gasteiger partial charge in [0.2, 0.25) is 5.91 Å². The fourth-order valence-corrected chi connectivity index (χ4v) is 4.18. The first-order valence-corrected chi connectivity index (χ1v) is 8.02. The summed E-state index contributed by atoms with van der Waals surface area (Å²) < 4.78 is 27.0. The molecule has 23 heavy (non-hydrogen) atoms. The number of hydrogen-bond acceptors (Lipinski definition) is 2. The van der Waals surface area contributed by atoms with Crippen LogP contribution in [0, 0.1) is 29.4 Å². The molecule has 2 fully saturated rings. The van der Waals surface area contributed by atoms with Gasteiger partial charge in [0.1, 0.15) is 11.6 Å². The predicted molar refractivity (Wildman–Crippen MR) is 87.1 cm³/mol. The van der Waals surface area contributed by atoms with Crippen LogP contribution >= 0.6 is 12.4 Å². The number of carbonyl (C=O) groups excluding carboxylic acids is 1. The highest BCUT2D eigenvalue weighted by Crippen LogP contribution is 2.47. The smallest absolute Gasteiger partial charge is 0.225 e. The highest BCUT2D eigenvalue weighted by atomic mass is 35.5. The lowest BCUT2D eigenvalue weighted by atomic mass is 9.84. The van der Waals surface area contributed by atoms with Crippen molar-refractivity contribution in [3.63, 3.8) is 0 Å². The van der Waals surface area contributed by atoms with Crippen molar-refractivity contribution in [2.75, 3.05) is 0 Å². The number of amides is 1. The van der Waals surface area contributed by atoms with Gasteiger partial charge in [0.15, 0.2) is 0 Å². The normalized spacial score (nSPS) is 29.9. The number of nitrogens with one attached hydrogen (secondary N) is 1. The molecule has 0 saturated heterocycles. The summed E-state index contributed by atoms with van der Waals surface area (Å²) in [7, 11) is 0. The molecule has 3 N–H and O–H groups in total. The fraction of sp³-hybridized carbons (Fsp3) is 0.588. The van der Waals surface area contributed by atoms with Gasteiger partial charge in [-0.1, -0.05) is 13.0 Å². The van der Waals surface area contributed by atoms with Crippen molar-refractivity contribution in [1.82, 2.24) is 5.32 Å². The quantitative estimate of drug-likeness (QED) is 0.880. The second-order valence-electron chi connectivity index (χ2n) is 6.57. The van der Waals surface area contributed by atoms with Crippen molar-refractivity contribution in [2.45, 2.75) is 44.7 Å². The SMILES string of the molecule is CCC(NC(=O)C1C2CCC(C2)C1N)c1ccc(F)cc1F.Cl. The standard InChI is InChI=1S/C17H22F2N2O.ClH/c1-2-14(12-6-5-11(18)8-13(12)19)21-17(22)15-9-3-4-10(7-9)16(15)20;/h5-6,8-10,14-16H,2-4,7,20H2,1H3,(H,21,22);1H. The molecule has 6 heteroatoms. The van der Waals surface area contributed by atoms with Crippen molar-refractivity contribution < 1.29 is 13.6 Å². The lowest BCUT2D eigenvalue weighted by Crippen LogP contribution is -2.46. The zero-order chi connectivity index (χ0) is 15.9. The second kappa shape index (κ2) is 7.14. The summed E-state index contributed by atoms with van der Waals surface area (Å²) in [6.07, 6.45) is 3.74. The number of rotatable bonds is 4. The van der Waals surface area contributed by atoms with Crippen LogP contribution < -0.4 is 11.1 Å². The molecule has 0 spiro atoms. The van der Waals surface area contributed by atoms with Crippen molar-refractivity contribution in [3.05, 3.63) is 35.4 Å². The van der Waals surface area contributed by atoms with E-state index in [1.165, 1.54) is 12.1 Å². The number of benzene rings is 1. The van der Waals surface area contributed by atoms with Crippen LogP contribution in [0.25, 0.3) is 0 Å². The van der Waals surface area contributed by atoms with Gasteiger partial charge in [-0.15, -0.1) is 12.4 Å². The van der Waals surface area contributed by atoms with Crippen molar-refractivity contribution >= 4 is 18.3 Å². The molecule has 2 aliphatic rings. The Morgan fingerprint density at radius 3 is 2.61 bits per heavy atom. The van der Waals surface area contributed by atoms with E-state index in [0.717, 1.165) is 25.3 Å². The van der Waals surface area contributed by atoms with Gasteiger partial charge in [0.05, 0.1) is 12.0 Å². The Morgan fingerprint density at radius 1 is 1.35 bits per heavy atom. The van der Waals surface area contributed by atoms with E-state index >= 15 is 0 Å². The molecule has 2 aliphatic carbocycles. The summed E-state index contributed by atoms with van der Waals surface area (Å²) in [4.78, 5) is 12.6. The van der Waals surface area contributed by atoms with E-state index in [4.69, 9.17) is 5.73 Å². The molecule has 5 unspecified atom stereocenters. The van der Waals surface area contributed by atoms with E-state index in [-0.39, 0.29) is 30.3 Å². The molecule has 0 radical (unpaired) electrons. The van der Waals surface area contributed by atoms with Crippen molar-refractivity contribution in [2.24, 2.45) is 23.5 Å². The zero-order valence-corrected chi connectivity index (χ0v) is 13.9. The lowest BCUT2D eigenvalue weighted by molar-refractivity contribution is -0.127. The van der Waals surface area contributed by atoms with Gasteiger partial charge in [-0.3, -0.25) is 4.79 Å². The van der Waals surface area contributed by atoms with E-state index in [9.17, 15) is 13.6 Å². The topological polar surface area (TPSA) is 55.1 Å². The number of hydrogen-bond donors (Lipinski definition) is 2. The highest BCUT2D eigenvalue weighted by molar-refractivity contribution is 5.85. The molecule has 0 aromatic heterocycles. The van der Waals surface area contributed by atoms with Crippen LogP contribution in [0.3, 0.4) is 0 Å². The summed E-state index contributed by atoms with van der Waals surface area (Å²) in [5.74, 6) is -0.688. The first-order valence-electron chi connectivity index (χ1n) is 8.02. The van der Waals surface area contributed by atoms with Crippen LogP contribution in [0.5, 0.6) is 0 Å². The molecule has 5 atom stereocenters. The Hall–Kier alpha value is -1.20. The third-order valence-corrected chi connectivity index (χ3v) is 5.35. The van der Waals surface area contributed by atoms with Crippen LogP contribution in [0.15, 0.2) is 18.2 Å². The Morgan fingerprint density at radius 2 is 2.04 bits per heavy atom. The zero-order valence-electron chi connectivity index (χ0n) is 13.1. The highest BCUT2D eigenvalue weighted by Gasteiger charge is 2.49. The molecule has 3 nitrogen and oxygen atoms in total. The van der Waals surface area contributed by atoms with Crippen LogP contribution in [0.1, 0.15) is 44.2 Å². The number of fused-ring (bicyclic) bond motifs is 2. The molecule has 3 rings (SSSR count). The van der Waals surface area contributed by atoms with Gasteiger partial charge in [-0.2, -0.15) is 0 Å². The molecule has 2 saturated carbocycles. The van der Waals surface area contributed by atoms with Gasteiger partial charge in [-0.25, -0.2) is 8.78 Å². The summed E-state index contributed by atoms with van der Waals surface area (Å²) in [5, 5.41) is 2.92. The summed E-state index contributed by atoms with van der Waals surface area (Å²) in [6.45, 7) is 1.87. The Kier molecular flexibility index (Phi) is 5.63. The minimum absolute atomic E-state index is 0. The van der Waals surface area contributed by atoms with Gasteiger partial charge in [0, 0.05) is 17.7 Å². The van der Waals surface area contributed by atoms with Gasteiger partial charge in [-0.05, 0) is 43.6 Å². The van der Waals surface area contributed by atoms with Gasteiger partial charge >= 0.3 is 0 Å². The second-order valence-corrected chi connectivity index (χ2v) is 6.57. The van der Waals surface area contributed by atoms with Crippen molar-refractivity contribution in [3.8, 4) is 0 Å². The average molecular weight is 345 g/mol. The Bertz CT molecular complexity index is 582. The molecule has 1 aromatic carbocycles. The Balaban J connectivity index is 0.00000192. The maximum atomic E-state index is 13.9. The molecule has 128 valence electrons. The summed E-state index contributed by atoms with van der Waals surface area (Å²) >= 11 is 0. The molecular formula is C17H23ClF2N2O. The minimum atomic E-state index is -0.621. The molecule has 0 heterocycles. The molecular weight excluding hydrogens is 322 g/mol. The van der Waals surface area contributed by atoms with Gasteiger partial charge < -0.3 is 11.1 Å². The third-order valence-electron chi connectivity index (χ3n) is 5.35. The van der Waals surface area contributed by atoms with Crippen LogP contribution in [-0.2, 0) is 4.79 Å². The van der Waals surface area contributed by atoms with E-state index in [1.54, 1.807) is 0 Å². The molecule has 1 aromatic rings. The lowest BCUT2D eigenvalue weighted by Gasteiger charge is -2.29. The minimum Gasteiger partial charge on any atom is -0.349 e. The molecule has 0 aliphatic heterocycles. The monoisotopic (exact) mass is 344 g/mol. The Labute approximate surface area is 141 Å². The maximum Gasteiger partial charge on any atom is 0.225 e. The summed E-state index contributed by atoms with van der Waals surface area (Å²) in [5.41, 5.74) is 6.51. The van der Waals surface area contributed by atoms with E-state index in [0.29, 0.717) is 23.8 Å². The van der Waals surface area contributed by atoms with E-state index < -0.39 is 17.7 Å². The summed E-state index contributed by atoms with van der Waals surface area (Å²) in [6, 6.07) is 2.94. The largest absolute Gasteiger partial charge is 0.349 e. The molecule has 1 amide bonds. The van der Waals surface area contributed by atoms with Crippen LogP contribution in [-0.4, -0.2) is 11.9 Å². The average Bonchev–Trinajstić information content (AvgIpc) is 3.06. The number of nitrogens with two attached hydrogens (primary N) is 1. The van der Waals surface area contributed by atoms with Crippen LogP contribution in [0.4, 0.5) is 8.78 Å². The predicted octanol–water partition coefficient (Wildman–Crippen LogP) is 3.33. The van der Waals surface area contributed by atoms with Crippen LogP contribution in [0.2, 0.25) is 0 Å². The molecule has 2 bridgehead atoms. The van der Waals surface area contributed by atoms with E-state index in [2.05, 4.69) is 5.32 Å². The maximum absolute atomic E-state index is 13.9. The number of halogens is 3. The first kappa shape index (κ1) is 18.1. The van der Waals surface area contributed by atoms with Crippen molar-refractivity contribution in [1.29, 1.82) is 0 Å². The third kappa shape index (κ3) is 3.36. The number of carbonyl (C=O) groups is 1. The van der Waals surface area contributed by atoms with Gasteiger partial charge in [0.25, 0.3) is 0 Å². The van der Waals surface area contributed by atoms with E-state index in [1.807, 2.05) is 6.92 Å². The first-order chi connectivity index (χ1) is 10.5.